The standard InChI is InChI=1S/C18H16O2/c19-18-17-10-13-6-2-4-8-16(13)15-7-3-1-5-12(15)9-14(17)11-20-18/h1-8,14,17H,9-11H2/t14-,17+/m1/s1. The molecule has 1 heterocycles. The Morgan fingerprint density at radius 2 is 1.45 bits per heavy atom. The van der Waals surface area contributed by atoms with Crippen LogP contribution in [0.25, 0.3) is 11.1 Å². The Hall–Kier alpha value is -2.09. The van der Waals surface area contributed by atoms with E-state index in [2.05, 4.69) is 48.5 Å². The van der Waals surface area contributed by atoms with Crippen molar-refractivity contribution in [1.29, 1.82) is 0 Å². The highest BCUT2D eigenvalue weighted by molar-refractivity contribution is 5.78. The third-order valence-corrected chi connectivity index (χ3v) is 4.56. The van der Waals surface area contributed by atoms with Crippen LogP contribution in [0.5, 0.6) is 0 Å². The van der Waals surface area contributed by atoms with Gasteiger partial charge in [-0.2, -0.15) is 0 Å². The highest BCUT2D eigenvalue weighted by atomic mass is 16.5. The third-order valence-electron chi connectivity index (χ3n) is 4.56. The van der Waals surface area contributed by atoms with Gasteiger partial charge in [-0.3, -0.25) is 4.79 Å². The summed E-state index contributed by atoms with van der Waals surface area (Å²) in [6, 6.07) is 17.0. The summed E-state index contributed by atoms with van der Waals surface area (Å²) in [5, 5.41) is 0. The molecular weight excluding hydrogens is 248 g/mol. The quantitative estimate of drug-likeness (QED) is 0.683. The van der Waals surface area contributed by atoms with Crippen LogP contribution in [0.4, 0.5) is 0 Å². The van der Waals surface area contributed by atoms with Crippen molar-refractivity contribution in [3.8, 4) is 11.1 Å². The first-order chi connectivity index (χ1) is 9.83. The third kappa shape index (κ3) is 1.75. The van der Waals surface area contributed by atoms with E-state index < -0.39 is 0 Å². The summed E-state index contributed by atoms with van der Waals surface area (Å²) in [4.78, 5) is 12.0. The van der Waals surface area contributed by atoms with E-state index in [-0.39, 0.29) is 11.9 Å². The molecule has 2 aromatic rings. The minimum Gasteiger partial charge on any atom is -0.465 e. The van der Waals surface area contributed by atoms with Crippen molar-refractivity contribution in [2.24, 2.45) is 11.8 Å². The Labute approximate surface area is 118 Å². The number of carbonyl (C=O) groups is 1. The molecule has 1 aliphatic carbocycles. The Bertz CT molecular complexity index is 675. The van der Waals surface area contributed by atoms with E-state index in [0.29, 0.717) is 12.5 Å². The summed E-state index contributed by atoms with van der Waals surface area (Å²) in [5.74, 6) is 0.311. The van der Waals surface area contributed by atoms with Crippen molar-refractivity contribution in [3.05, 3.63) is 59.7 Å². The number of hydrogen-bond donors (Lipinski definition) is 0. The summed E-state index contributed by atoms with van der Waals surface area (Å²) in [7, 11) is 0. The molecule has 0 amide bonds. The number of rotatable bonds is 0. The Kier molecular flexibility index (Phi) is 2.62. The number of benzene rings is 2. The lowest BCUT2D eigenvalue weighted by molar-refractivity contribution is -0.141. The molecule has 0 N–H and O–H groups in total. The molecule has 4 rings (SSSR count). The van der Waals surface area contributed by atoms with Gasteiger partial charge in [-0.1, -0.05) is 48.5 Å². The van der Waals surface area contributed by atoms with Gasteiger partial charge in [0.1, 0.15) is 0 Å². The van der Waals surface area contributed by atoms with Crippen molar-refractivity contribution in [1.82, 2.24) is 0 Å². The van der Waals surface area contributed by atoms with E-state index in [9.17, 15) is 4.79 Å². The molecule has 0 spiro atoms. The van der Waals surface area contributed by atoms with Gasteiger partial charge >= 0.3 is 5.97 Å². The van der Waals surface area contributed by atoms with Crippen LogP contribution in [0.3, 0.4) is 0 Å². The van der Waals surface area contributed by atoms with Gasteiger partial charge in [0.2, 0.25) is 0 Å². The molecule has 2 aromatic carbocycles. The van der Waals surface area contributed by atoms with Crippen molar-refractivity contribution in [2.45, 2.75) is 12.8 Å². The molecule has 100 valence electrons. The largest absolute Gasteiger partial charge is 0.465 e. The maximum Gasteiger partial charge on any atom is 0.309 e. The first-order valence-electron chi connectivity index (χ1n) is 7.16. The van der Waals surface area contributed by atoms with Gasteiger partial charge in [0, 0.05) is 5.92 Å². The zero-order chi connectivity index (χ0) is 13.5. The van der Waals surface area contributed by atoms with Crippen LogP contribution in [0.1, 0.15) is 11.1 Å². The molecule has 2 heteroatoms. The van der Waals surface area contributed by atoms with Gasteiger partial charge in [0.25, 0.3) is 0 Å². The summed E-state index contributed by atoms with van der Waals surface area (Å²) >= 11 is 0. The first kappa shape index (κ1) is 11.7. The predicted molar refractivity (Wildman–Crippen MR) is 77.2 cm³/mol. The molecule has 0 saturated carbocycles. The molecule has 0 radical (unpaired) electrons. The molecule has 1 saturated heterocycles. The second-order valence-electron chi connectivity index (χ2n) is 5.72. The van der Waals surface area contributed by atoms with Gasteiger partial charge in [0.05, 0.1) is 12.5 Å². The fraction of sp³-hybridized carbons (Fsp3) is 0.278. The molecular formula is C18H16O2. The van der Waals surface area contributed by atoms with Gasteiger partial charge < -0.3 is 4.74 Å². The Balaban J connectivity index is 1.91. The summed E-state index contributed by atoms with van der Waals surface area (Å²) in [5.41, 5.74) is 5.16. The van der Waals surface area contributed by atoms with Crippen LogP contribution in [0.2, 0.25) is 0 Å². The second-order valence-corrected chi connectivity index (χ2v) is 5.72. The molecule has 20 heavy (non-hydrogen) atoms. The van der Waals surface area contributed by atoms with Crippen molar-refractivity contribution < 1.29 is 9.53 Å². The normalized spacial score (nSPS) is 23.9. The number of esters is 1. The SMILES string of the molecule is O=C1OC[C@H]2Cc3ccccc3-c3ccccc3C[C@H]12. The van der Waals surface area contributed by atoms with E-state index in [1.54, 1.807) is 0 Å². The topological polar surface area (TPSA) is 26.3 Å². The first-order valence-corrected chi connectivity index (χ1v) is 7.16. The number of hydrogen-bond acceptors (Lipinski definition) is 2. The van der Waals surface area contributed by atoms with Crippen molar-refractivity contribution in [3.63, 3.8) is 0 Å². The monoisotopic (exact) mass is 264 g/mol. The molecule has 0 bridgehead atoms. The van der Waals surface area contributed by atoms with Crippen LogP contribution in [0, 0.1) is 11.8 Å². The van der Waals surface area contributed by atoms with Crippen LogP contribution in [-0.4, -0.2) is 12.6 Å². The number of cyclic esters (lactones) is 1. The molecule has 2 atom stereocenters. The molecule has 1 fully saturated rings. The molecule has 2 nitrogen and oxygen atoms in total. The zero-order valence-electron chi connectivity index (χ0n) is 11.2. The lowest BCUT2D eigenvalue weighted by Crippen LogP contribution is -2.22. The fourth-order valence-electron chi connectivity index (χ4n) is 3.50. The minimum atomic E-state index is -0.0239. The smallest absolute Gasteiger partial charge is 0.309 e. The Morgan fingerprint density at radius 1 is 0.850 bits per heavy atom. The van der Waals surface area contributed by atoms with Gasteiger partial charge in [0.15, 0.2) is 0 Å². The predicted octanol–water partition coefficient (Wildman–Crippen LogP) is 3.24. The number of carbonyl (C=O) groups excluding carboxylic acids is 1. The van der Waals surface area contributed by atoms with Gasteiger partial charge in [-0.05, 0) is 35.1 Å². The van der Waals surface area contributed by atoms with Crippen molar-refractivity contribution in [2.75, 3.05) is 6.61 Å². The van der Waals surface area contributed by atoms with E-state index in [1.165, 1.54) is 22.3 Å². The van der Waals surface area contributed by atoms with E-state index in [4.69, 9.17) is 4.74 Å². The average Bonchev–Trinajstić information content (AvgIpc) is 2.79. The zero-order valence-corrected chi connectivity index (χ0v) is 11.2. The summed E-state index contributed by atoms with van der Waals surface area (Å²) in [6.45, 7) is 0.569. The molecule has 0 unspecified atom stereocenters. The van der Waals surface area contributed by atoms with Crippen LogP contribution in [0.15, 0.2) is 48.5 Å². The van der Waals surface area contributed by atoms with E-state index in [0.717, 1.165) is 12.8 Å². The fourth-order valence-corrected chi connectivity index (χ4v) is 3.50. The maximum absolute atomic E-state index is 12.0. The van der Waals surface area contributed by atoms with Crippen LogP contribution >= 0.6 is 0 Å². The average molecular weight is 264 g/mol. The Morgan fingerprint density at radius 3 is 2.15 bits per heavy atom. The van der Waals surface area contributed by atoms with Crippen LogP contribution in [-0.2, 0) is 22.4 Å². The highest BCUT2D eigenvalue weighted by Crippen LogP contribution is 2.38. The molecule has 1 aliphatic heterocycles. The maximum atomic E-state index is 12.0. The molecule has 0 aromatic heterocycles. The minimum absolute atomic E-state index is 0.0181. The van der Waals surface area contributed by atoms with E-state index >= 15 is 0 Å². The lowest BCUT2D eigenvalue weighted by Gasteiger charge is -2.23. The lowest BCUT2D eigenvalue weighted by atomic mass is 9.78. The summed E-state index contributed by atoms with van der Waals surface area (Å²) < 4.78 is 5.30. The van der Waals surface area contributed by atoms with Gasteiger partial charge in [-0.25, -0.2) is 0 Å². The number of fused-ring (bicyclic) bond motifs is 4. The second kappa shape index (κ2) is 4.48. The number of ether oxygens (including phenoxy) is 1. The molecule has 2 aliphatic rings. The van der Waals surface area contributed by atoms with Crippen LogP contribution < -0.4 is 0 Å². The summed E-state index contributed by atoms with van der Waals surface area (Å²) in [6.07, 6.45) is 1.73. The highest BCUT2D eigenvalue weighted by Gasteiger charge is 2.38. The van der Waals surface area contributed by atoms with Gasteiger partial charge in [-0.15, -0.1) is 0 Å². The van der Waals surface area contributed by atoms with Crippen molar-refractivity contribution >= 4 is 5.97 Å². The van der Waals surface area contributed by atoms with E-state index in [1.807, 2.05) is 0 Å².